The van der Waals surface area contributed by atoms with Crippen LogP contribution in [0, 0.1) is 5.82 Å². The first-order valence-electron chi connectivity index (χ1n) is 5.08. The Morgan fingerprint density at radius 1 is 1.33 bits per heavy atom. The Kier molecular flexibility index (Phi) is 3.43. The van der Waals surface area contributed by atoms with Crippen LogP contribution in [0.15, 0.2) is 41.5 Å². The zero-order chi connectivity index (χ0) is 13.1. The fourth-order valence-corrected chi connectivity index (χ4v) is 1.55. The Morgan fingerprint density at radius 3 is 2.78 bits per heavy atom. The van der Waals surface area contributed by atoms with Crippen LogP contribution in [-0.4, -0.2) is 10.8 Å². The van der Waals surface area contributed by atoms with Gasteiger partial charge in [0.1, 0.15) is 11.5 Å². The van der Waals surface area contributed by atoms with Gasteiger partial charge in [-0.25, -0.2) is 9.38 Å². The molecule has 0 aliphatic heterocycles. The molecule has 0 atom stereocenters. The van der Waals surface area contributed by atoms with E-state index < -0.39 is 5.82 Å². The average Bonchev–Trinajstić information content (AvgIpc) is 2.34. The van der Waals surface area contributed by atoms with Crippen molar-refractivity contribution in [2.24, 2.45) is 10.7 Å². The highest BCUT2D eigenvalue weighted by Crippen LogP contribution is 2.22. The summed E-state index contributed by atoms with van der Waals surface area (Å²) in [5.41, 5.74) is 12.8. The van der Waals surface area contributed by atoms with E-state index in [2.05, 4.69) is 9.98 Å². The number of aliphatic imine (C=N–C) groups is 1. The summed E-state index contributed by atoms with van der Waals surface area (Å²) in [5, 5.41) is -0.0157. The fourth-order valence-electron chi connectivity index (χ4n) is 1.38. The van der Waals surface area contributed by atoms with Crippen LogP contribution in [0.3, 0.4) is 0 Å². The zero-order valence-corrected chi connectivity index (χ0v) is 10.0. The predicted octanol–water partition coefficient (Wildman–Crippen LogP) is 2.49. The minimum atomic E-state index is -0.508. The lowest BCUT2D eigenvalue weighted by Gasteiger charge is -2.03. The third-order valence-electron chi connectivity index (χ3n) is 2.23. The minimum Gasteiger partial charge on any atom is -0.397 e. The number of benzene rings is 1. The van der Waals surface area contributed by atoms with Crippen molar-refractivity contribution >= 4 is 28.8 Å². The number of amidine groups is 1. The molecule has 0 unspecified atom stereocenters. The maximum Gasteiger partial charge on any atom is 0.152 e. The molecule has 1 aromatic heterocycles. The van der Waals surface area contributed by atoms with E-state index >= 15 is 0 Å². The number of hydrogen-bond donors (Lipinski definition) is 2. The summed E-state index contributed by atoms with van der Waals surface area (Å²) >= 11 is 5.65. The number of nitrogens with zero attached hydrogens (tertiary/aromatic N) is 2. The first kappa shape index (κ1) is 12.3. The van der Waals surface area contributed by atoms with Gasteiger partial charge in [0.05, 0.1) is 16.4 Å². The Morgan fingerprint density at radius 2 is 2.11 bits per heavy atom. The molecule has 0 aliphatic carbocycles. The molecule has 2 rings (SSSR count). The highest BCUT2D eigenvalue weighted by Gasteiger charge is 2.06. The van der Waals surface area contributed by atoms with Gasteiger partial charge >= 0.3 is 0 Å². The van der Waals surface area contributed by atoms with E-state index in [9.17, 15) is 4.39 Å². The molecular weight excluding hydrogens is 255 g/mol. The number of halogens is 2. The number of anilines is 1. The summed E-state index contributed by atoms with van der Waals surface area (Å²) in [4.78, 5) is 8.12. The third-order valence-corrected chi connectivity index (χ3v) is 2.52. The molecule has 0 radical (unpaired) electrons. The second-order valence-corrected chi connectivity index (χ2v) is 3.94. The van der Waals surface area contributed by atoms with Crippen LogP contribution >= 0.6 is 11.6 Å². The fraction of sp³-hybridized carbons (Fsp3) is 0. The van der Waals surface area contributed by atoms with E-state index in [4.69, 9.17) is 23.1 Å². The maximum absolute atomic E-state index is 13.0. The Balaban J connectivity index is 2.39. The summed E-state index contributed by atoms with van der Waals surface area (Å²) in [5.74, 6) is -0.359. The largest absolute Gasteiger partial charge is 0.397 e. The minimum absolute atomic E-state index is 0.0157. The number of nitrogen functional groups attached to an aromatic ring is 1. The third kappa shape index (κ3) is 2.57. The summed E-state index contributed by atoms with van der Waals surface area (Å²) in [6.45, 7) is 0. The van der Waals surface area contributed by atoms with E-state index in [1.807, 2.05) is 0 Å². The van der Waals surface area contributed by atoms with Gasteiger partial charge in [-0.15, -0.1) is 0 Å². The predicted molar refractivity (Wildman–Crippen MR) is 70.4 cm³/mol. The van der Waals surface area contributed by atoms with Crippen molar-refractivity contribution in [2.75, 3.05) is 5.73 Å². The van der Waals surface area contributed by atoms with E-state index in [1.54, 1.807) is 18.3 Å². The van der Waals surface area contributed by atoms with Gasteiger partial charge in [0, 0.05) is 6.20 Å². The molecule has 0 bridgehead atoms. The number of nitrogens with two attached hydrogens (primary N) is 2. The van der Waals surface area contributed by atoms with Gasteiger partial charge in [0.15, 0.2) is 5.84 Å². The normalized spacial score (nSPS) is 11.6. The quantitative estimate of drug-likeness (QED) is 0.646. The van der Waals surface area contributed by atoms with Crippen molar-refractivity contribution in [3.8, 4) is 0 Å². The van der Waals surface area contributed by atoms with E-state index in [-0.39, 0.29) is 10.9 Å². The first-order valence-corrected chi connectivity index (χ1v) is 5.46. The first-order chi connectivity index (χ1) is 8.58. The summed E-state index contributed by atoms with van der Waals surface area (Å²) < 4.78 is 13.0. The Hall–Kier alpha value is -2.14. The second kappa shape index (κ2) is 5.01. The molecule has 6 heteroatoms. The van der Waals surface area contributed by atoms with Crippen LogP contribution in [0.2, 0.25) is 5.02 Å². The Labute approximate surface area is 108 Å². The van der Waals surface area contributed by atoms with Gasteiger partial charge in [0.2, 0.25) is 0 Å². The van der Waals surface area contributed by atoms with Crippen molar-refractivity contribution in [1.29, 1.82) is 0 Å². The molecule has 0 amide bonds. The monoisotopic (exact) mass is 264 g/mol. The zero-order valence-electron chi connectivity index (χ0n) is 9.27. The van der Waals surface area contributed by atoms with Gasteiger partial charge in [-0.3, -0.25) is 4.98 Å². The molecule has 0 fully saturated rings. The van der Waals surface area contributed by atoms with Gasteiger partial charge in [-0.2, -0.15) is 0 Å². The SMILES string of the molecule is NC(=Nc1ccc(F)c(Cl)c1)c1ncccc1N. The topological polar surface area (TPSA) is 77.3 Å². The number of rotatable bonds is 2. The standard InChI is InChI=1S/C12H10ClFN4/c13-8-6-7(3-4-9(8)14)18-12(16)11-10(15)2-1-5-17-11/h1-6H,15H2,(H2,16,18). The number of hydrogen-bond acceptors (Lipinski definition) is 3. The van der Waals surface area contributed by atoms with Gasteiger partial charge in [-0.05, 0) is 30.3 Å². The summed E-state index contributed by atoms with van der Waals surface area (Å²) in [6.07, 6.45) is 1.56. The van der Waals surface area contributed by atoms with Crippen LogP contribution in [-0.2, 0) is 0 Å². The smallest absolute Gasteiger partial charge is 0.152 e. The average molecular weight is 265 g/mol. The molecule has 2 aromatic rings. The molecule has 4 nitrogen and oxygen atoms in total. The van der Waals surface area contributed by atoms with Crippen LogP contribution < -0.4 is 11.5 Å². The molecule has 0 aliphatic rings. The van der Waals surface area contributed by atoms with Crippen molar-refractivity contribution < 1.29 is 4.39 Å². The van der Waals surface area contributed by atoms with Crippen LogP contribution in [0.5, 0.6) is 0 Å². The lowest BCUT2D eigenvalue weighted by Crippen LogP contribution is -2.16. The molecule has 0 spiro atoms. The molecule has 18 heavy (non-hydrogen) atoms. The van der Waals surface area contributed by atoms with Gasteiger partial charge < -0.3 is 11.5 Å². The van der Waals surface area contributed by atoms with Crippen molar-refractivity contribution in [3.05, 3.63) is 53.1 Å². The molecule has 1 heterocycles. The van der Waals surface area contributed by atoms with Crippen molar-refractivity contribution in [3.63, 3.8) is 0 Å². The van der Waals surface area contributed by atoms with E-state index in [1.165, 1.54) is 18.2 Å². The number of aromatic nitrogens is 1. The maximum atomic E-state index is 13.0. The second-order valence-electron chi connectivity index (χ2n) is 3.54. The van der Waals surface area contributed by atoms with Gasteiger partial charge in [-0.1, -0.05) is 11.6 Å². The molecule has 4 N–H and O–H groups in total. The van der Waals surface area contributed by atoms with Crippen LogP contribution in [0.1, 0.15) is 5.69 Å². The van der Waals surface area contributed by atoms with E-state index in [0.717, 1.165) is 0 Å². The van der Waals surface area contributed by atoms with Gasteiger partial charge in [0.25, 0.3) is 0 Å². The van der Waals surface area contributed by atoms with Crippen molar-refractivity contribution in [1.82, 2.24) is 4.98 Å². The van der Waals surface area contributed by atoms with Crippen LogP contribution in [0.4, 0.5) is 15.8 Å². The number of pyridine rings is 1. The lowest BCUT2D eigenvalue weighted by molar-refractivity contribution is 0.628. The molecule has 1 aromatic carbocycles. The summed E-state index contributed by atoms with van der Waals surface area (Å²) in [6, 6.07) is 7.43. The highest BCUT2D eigenvalue weighted by molar-refractivity contribution is 6.31. The molecule has 0 saturated carbocycles. The summed E-state index contributed by atoms with van der Waals surface area (Å²) in [7, 11) is 0. The lowest BCUT2D eigenvalue weighted by atomic mass is 10.2. The highest BCUT2D eigenvalue weighted by atomic mass is 35.5. The van der Waals surface area contributed by atoms with Crippen LogP contribution in [0.25, 0.3) is 0 Å². The van der Waals surface area contributed by atoms with Crippen molar-refractivity contribution in [2.45, 2.75) is 0 Å². The molecule has 92 valence electrons. The molecule has 0 saturated heterocycles. The Bertz CT molecular complexity index is 613. The molecular formula is C12H10ClFN4. The van der Waals surface area contributed by atoms with E-state index in [0.29, 0.717) is 17.1 Å².